The number of hydrogen-bond donors (Lipinski definition) is 2. The summed E-state index contributed by atoms with van der Waals surface area (Å²) in [6.07, 6.45) is 1.69. The van der Waals surface area contributed by atoms with Gasteiger partial charge < -0.3 is 19.7 Å². The first-order valence-corrected chi connectivity index (χ1v) is 10.4. The maximum absolute atomic E-state index is 11.3. The van der Waals surface area contributed by atoms with Gasteiger partial charge in [0.15, 0.2) is 5.96 Å². The number of nitrogens with zero attached hydrogens (tertiary/aromatic N) is 2. The Kier molecular flexibility index (Phi) is 10.4. The third kappa shape index (κ3) is 7.93. The number of hydrogen-bond acceptors (Lipinski definition) is 4. The lowest BCUT2D eigenvalue weighted by molar-refractivity contribution is 0.129. The number of para-hydroxylation sites is 1. The normalized spacial score (nSPS) is 14.4. The number of nitrogens with one attached hydrogen (secondary N) is 2. The zero-order valence-corrected chi connectivity index (χ0v) is 20.4. The summed E-state index contributed by atoms with van der Waals surface area (Å²) in [6, 6.07) is 17.6. The molecule has 2 aromatic carbocycles. The largest absolute Gasteiger partial charge is 0.490 e. The molecule has 1 saturated heterocycles. The number of aliphatic imine (C=N–C) groups is 1. The van der Waals surface area contributed by atoms with Gasteiger partial charge in [-0.05, 0) is 36.8 Å². The topological polar surface area (TPSA) is 75.2 Å². The number of anilines is 1. The maximum atomic E-state index is 11.3. The third-order valence-corrected chi connectivity index (χ3v) is 4.92. The fourth-order valence-corrected chi connectivity index (χ4v) is 3.33. The van der Waals surface area contributed by atoms with Crippen molar-refractivity contribution in [2.75, 3.05) is 32.1 Å². The van der Waals surface area contributed by atoms with Crippen LogP contribution in [0.25, 0.3) is 0 Å². The second kappa shape index (κ2) is 13.0. The van der Waals surface area contributed by atoms with E-state index in [1.807, 2.05) is 54.6 Å². The number of methoxy groups -OCH3 is 1. The summed E-state index contributed by atoms with van der Waals surface area (Å²) < 4.78 is 10.7. The van der Waals surface area contributed by atoms with Crippen molar-refractivity contribution >= 4 is 41.7 Å². The Morgan fingerprint density at radius 3 is 2.39 bits per heavy atom. The molecule has 1 heterocycles. The molecule has 0 radical (unpaired) electrons. The van der Waals surface area contributed by atoms with Crippen LogP contribution in [0.2, 0.25) is 0 Å². The van der Waals surface area contributed by atoms with E-state index in [4.69, 9.17) is 9.73 Å². The average molecular weight is 538 g/mol. The summed E-state index contributed by atoms with van der Waals surface area (Å²) in [5.74, 6) is 1.86. The van der Waals surface area contributed by atoms with Crippen molar-refractivity contribution in [3.05, 3.63) is 60.2 Å². The zero-order chi connectivity index (χ0) is 21.2. The van der Waals surface area contributed by atoms with Gasteiger partial charge in [0.05, 0.1) is 13.7 Å². The van der Waals surface area contributed by atoms with Gasteiger partial charge in [-0.2, -0.15) is 0 Å². The van der Waals surface area contributed by atoms with Crippen LogP contribution in [0, 0.1) is 0 Å². The Balaban J connectivity index is 0.00000341. The Hall–Kier alpha value is -2.49. The number of piperidine rings is 1. The number of benzene rings is 2. The van der Waals surface area contributed by atoms with E-state index in [-0.39, 0.29) is 30.1 Å². The van der Waals surface area contributed by atoms with Gasteiger partial charge in [0.1, 0.15) is 11.9 Å². The van der Waals surface area contributed by atoms with Crippen LogP contribution in [0.5, 0.6) is 5.75 Å². The molecular weight excluding hydrogens is 507 g/mol. The first-order chi connectivity index (χ1) is 14.7. The third-order valence-electron chi connectivity index (χ3n) is 4.92. The van der Waals surface area contributed by atoms with Crippen molar-refractivity contribution in [2.45, 2.75) is 32.4 Å². The number of halogens is 1. The molecule has 7 nitrogen and oxygen atoms in total. The lowest BCUT2D eigenvalue weighted by Crippen LogP contribution is -2.47. The van der Waals surface area contributed by atoms with E-state index in [0.717, 1.165) is 49.7 Å². The lowest BCUT2D eigenvalue weighted by atomic mass is 10.1. The molecule has 2 N–H and O–H groups in total. The number of carbonyl (C=O) groups excluding carboxylic acids is 1. The van der Waals surface area contributed by atoms with Crippen LogP contribution in [0.1, 0.15) is 25.3 Å². The smallest absolute Gasteiger partial charge is 0.411 e. The Morgan fingerprint density at radius 2 is 1.77 bits per heavy atom. The van der Waals surface area contributed by atoms with Gasteiger partial charge >= 0.3 is 6.09 Å². The standard InChI is InChI=1S/C23H30N4O3.HI/c1-3-24-22(25-17-18-9-11-19(12-10-18)26-23(28)29-2)27-15-13-21(14-16-27)30-20-7-5-4-6-8-20;/h4-12,21H,3,13-17H2,1-2H3,(H,24,25)(H,26,28);1H. The number of ether oxygens (including phenoxy) is 2. The molecular formula is C23H31IN4O3. The molecule has 3 rings (SSSR count). The minimum atomic E-state index is -0.477. The molecule has 0 saturated carbocycles. The second-order valence-corrected chi connectivity index (χ2v) is 7.10. The Bertz CT molecular complexity index is 822. The highest BCUT2D eigenvalue weighted by Crippen LogP contribution is 2.19. The van der Waals surface area contributed by atoms with Crippen LogP contribution in [0.4, 0.5) is 10.5 Å². The highest BCUT2D eigenvalue weighted by atomic mass is 127. The van der Waals surface area contributed by atoms with Gasteiger partial charge in [-0.15, -0.1) is 24.0 Å². The SMILES string of the molecule is CCNC(=NCc1ccc(NC(=O)OC)cc1)N1CCC(Oc2ccccc2)CC1.I. The predicted molar refractivity (Wildman–Crippen MR) is 134 cm³/mol. The van der Waals surface area contributed by atoms with Gasteiger partial charge in [-0.25, -0.2) is 9.79 Å². The highest BCUT2D eigenvalue weighted by molar-refractivity contribution is 14.0. The summed E-state index contributed by atoms with van der Waals surface area (Å²) in [7, 11) is 1.34. The molecule has 0 unspecified atom stereocenters. The summed E-state index contributed by atoms with van der Waals surface area (Å²) in [5.41, 5.74) is 1.77. The van der Waals surface area contributed by atoms with Crippen molar-refractivity contribution in [1.29, 1.82) is 0 Å². The number of amides is 1. The van der Waals surface area contributed by atoms with Crippen LogP contribution in [-0.4, -0.2) is 49.8 Å². The van der Waals surface area contributed by atoms with Crippen molar-refractivity contribution < 1.29 is 14.3 Å². The van der Waals surface area contributed by atoms with E-state index < -0.39 is 6.09 Å². The summed E-state index contributed by atoms with van der Waals surface area (Å²) in [4.78, 5) is 18.4. The van der Waals surface area contributed by atoms with Crippen molar-refractivity contribution in [3.8, 4) is 5.75 Å². The van der Waals surface area contributed by atoms with E-state index in [1.54, 1.807) is 0 Å². The van der Waals surface area contributed by atoms with E-state index in [2.05, 4.69) is 27.2 Å². The van der Waals surface area contributed by atoms with Crippen molar-refractivity contribution in [1.82, 2.24) is 10.2 Å². The molecule has 1 fully saturated rings. The van der Waals surface area contributed by atoms with E-state index in [0.29, 0.717) is 12.2 Å². The predicted octanol–water partition coefficient (Wildman–Crippen LogP) is 4.49. The minimum Gasteiger partial charge on any atom is -0.490 e. The molecule has 168 valence electrons. The number of carbonyl (C=O) groups is 1. The average Bonchev–Trinajstić information content (AvgIpc) is 2.79. The van der Waals surface area contributed by atoms with E-state index >= 15 is 0 Å². The molecule has 0 spiro atoms. The first-order valence-electron chi connectivity index (χ1n) is 10.4. The molecule has 0 atom stereocenters. The second-order valence-electron chi connectivity index (χ2n) is 7.10. The minimum absolute atomic E-state index is 0. The van der Waals surface area contributed by atoms with Crippen LogP contribution in [0.3, 0.4) is 0 Å². The van der Waals surface area contributed by atoms with E-state index in [1.165, 1.54) is 7.11 Å². The molecule has 31 heavy (non-hydrogen) atoms. The molecule has 1 aliphatic heterocycles. The van der Waals surface area contributed by atoms with Crippen LogP contribution < -0.4 is 15.4 Å². The highest BCUT2D eigenvalue weighted by Gasteiger charge is 2.22. The molecule has 0 aliphatic carbocycles. The number of rotatable bonds is 6. The van der Waals surface area contributed by atoms with Gasteiger partial charge in [-0.3, -0.25) is 5.32 Å². The van der Waals surface area contributed by atoms with Crippen LogP contribution in [-0.2, 0) is 11.3 Å². The van der Waals surface area contributed by atoms with Crippen molar-refractivity contribution in [2.24, 2.45) is 4.99 Å². The Labute approximate surface area is 201 Å². The van der Waals surface area contributed by atoms with Gasteiger partial charge in [0.2, 0.25) is 0 Å². The van der Waals surface area contributed by atoms with Gasteiger partial charge in [-0.1, -0.05) is 30.3 Å². The molecule has 0 bridgehead atoms. The fraction of sp³-hybridized carbons (Fsp3) is 0.391. The quantitative estimate of drug-likeness (QED) is 0.322. The lowest BCUT2D eigenvalue weighted by Gasteiger charge is -2.34. The van der Waals surface area contributed by atoms with Crippen LogP contribution >= 0.6 is 24.0 Å². The van der Waals surface area contributed by atoms with E-state index in [9.17, 15) is 4.79 Å². The zero-order valence-electron chi connectivity index (χ0n) is 18.0. The van der Waals surface area contributed by atoms with Crippen LogP contribution in [0.15, 0.2) is 59.6 Å². The van der Waals surface area contributed by atoms with Gasteiger partial charge in [0.25, 0.3) is 0 Å². The fourth-order valence-electron chi connectivity index (χ4n) is 3.33. The maximum Gasteiger partial charge on any atom is 0.411 e. The summed E-state index contributed by atoms with van der Waals surface area (Å²) in [6.45, 7) is 5.28. The monoisotopic (exact) mass is 538 g/mol. The molecule has 2 aromatic rings. The molecule has 0 aromatic heterocycles. The molecule has 1 amide bonds. The van der Waals surface area contributed by atoms with Gasteiger partial charge in [0, 0.05) is 38.2 Å². The molecule has 8 heteroatoms. The van der Waals surface area contributed by atoms with Crippen molar-refractivity contribution in [3.63, 3.8) is 0 Å². The summed E-state index contributed by atoms with van der Waals surface area (Å²) >= 11 is 0. The molecule has 1 aliphatic rings. The first kappa shape index (κ1) is 24.8. The summed E-state index contributed by atoms with van der Waals surface area (Å²) in [5, 5.41) is 6.04. The number of likely N-dealkylation sites (tertiary alicyclic amines) is 1. The Morgan fingerprint density at radius 1 is 1.10 bits per heavy atom. The number of guanidine groups is 1.